The highest BCUT2D eigenvalue weighted by Crippen LogP contribution is 2.22. The van der Waals surface area contributed by atoms with Crippen LogP contribution in [0.25, 0.3) is 11.3 Å². The van der Waals surface area contributed by atoms with Crippen molar-refractivity contribution in [1.82, 2.24) is 20.0 Å². The molecule has 2 saturated heterocycles. The molecule has 0 saturated carbocycles. The van der Waals surface area contributed by atoms with Gasteiger partial charge in [-0.1, -0.05) is 31.2 Å². The molecule has 7 heteroatoms. The molecule has 0 bridgehead atoms. The van der Waals surface area contributed by atoms with E-state index in [4.69, 9.17) is 4.74 Å². The van der Waals surface area contributed by atoms with E-state index in [1.807, 2.05) is 12.1 Å². The number of piperazine rings is 1. The number of carbonyl (C=O) groups is 2. The second-order valence-corrected chi connectivity index (χ2v) is 6.39. The van der Waals surface area contributed by atoms with Gasteiger partial charge >= 0.3 is 6.09 Å². The van der Waals surface area contributed by atoms with Gasteiger partial charge in [0.2, 0.25) is 0 Å². The summed E-state index contributed by atoms with van der Waals surface area (Å²) in [6.07, 6.45) is 0.709. The number of rotatable bonds is 3. The van der Waals surface area contributed by atoms with E-state index in [1.165, 1.54) is 5.56 Å². The molecule has 2 amide bonds. The van der Waals surface area contributed by atoms with Gasteiger partial charge in [-0.2, -0.15) is 5.10 Å². The van der Waals surface area contributed by atoms with E-state index in [2.05, 4.69) is 29.3 Å². The largest absolute Gasteiger partial charge is 0.447 e. The number of nitrogens with zero attached hydrogens (tertiary/aromatic N) is 3. The number of carbonyl (C=O) groups excluding carboxylic acids is 2. The molecule has 2 aliphatic rings. The van der Waals surface area contributed by atoms with Gasteiger partial charge in [-0.3, -0.25) is 14.8 Å². The van der Waals surface area contributed by atoms with E-state index in [-0.39, 0.29) is 18.0 Å². The minimum Gasteiger partial charge on any atom is -0.447 e. The van der Waals surface area contributed by atoms with Gasteiger partial charge in [0, 0.05) is 25.2 Å². The van der Waals surface area contributed by atoms with Crippen LogP contribution < -0.4 is 0 Å². The normalized spacial score (nSPS) is 19.7. The highest BCUT2D eigenvalue weighted by molar-refractivity contribution is 5.93. The Bertz CT molecular complexity index is 799. The van der Waals surface area contributed by atoms with Crippen molar-refractivity contribution in [2.24, 2.45) is 0 Å². The van der Waals surface area contributed by atoms with Gasteiger partial charge in [0.1, 0.15) is 12.3 Å². The molecular weight excluding hydrogens is 320 g/mol. The van der Waals surface area contributed by atoms with Crippen molar-refractivity contribution in [2.45, 2.75) is 19.4 Å². The van der Waals surface area contributed by atoms with Crippen LogP contribution in [0.5, 0.6) is 0 Å². The first-order valence-electron chi connectivity index (χ1n) is 8.53. The summed E-state index contributed by atoms with van der Waals surface area (Å²) >= 11 is 0. The zero-order valence-corrected chi connectivity index (χ0v) is 14.1. The van der Waals surface area contributed by atoms with Gasteiger partial charge in [0.15, 0.2) is 0 Å². The quantitative estimate of drug-likeness (QED) is 0.926. The maximum absolute atomic E-state index is 12.7. The molecule has 2 aliphatic heterocycles. The number of aromatic amines is 1. The van der Waals surface area contributed by atoms with Crippen molar-refractivity contribution in [3.05, 3.63) is 41.6 Å². The Morgan fingerprint density at radius 2 is 2.12 bits per heavy atom. The van der Waals surface area contributed by atoms with Crippen LogP contribution >= 0.6 is 0 Å². The van der Waals surface area contributed by atoms with Gasteiger partial charge in [-0.25, -0.2) is 4.79 Å². The summed E-state index contributed by atoms with van der Waals surface area (Å²) in [6.45, 7) is 3.96. The third kappa shape index (κ3) is 2.86. The fraction of sp³-hybridized carbons (Fsp3) is 0.389. The fourth-order valence-electron chi connectivity index (χ4n) is 3.33. The summed E-state index contributed by atoms with van der Waals surface area (Å²) in [5, 5.41) is 7.12. The molecule has 3 heterocycles. The lowest BCUT2D eigenvalue weighted by molar-refractivity contribution is 0.0611. The molecule has 1 aromatic heterocycles. The first-order valence-corrected chi connectivity index (χ1v) is 8.53. The second-order valence-electron chi connectivity index (χ2n) is 6.39. The fourth-order valence-corrected chi connectivity index (χ4v) is 3.33. The molecule has 1 N–H and O–H groups in total. The Hall–Kier alpha value is -2.83. The van der Waals surface area contributed by atoms with Crippen LogP contribution in [0.3, 0.4) is 0 Å². The lowest BCUT2D eigenvalue weighted by atomic mass is 10.1. The lowest BCUT2D eigenvalue weighted by Gasteiger charge is -2.35. The standard InChI is InChI=1S/C18H20N4O3/c1-2-12-3-5-13(6-4-12)15-9-16(20-19-15)17(23)21-7-8-22-14(10-21)11-25-18(22)24/h3-6,9,14H,2,7-8,10-11H2,1H3,(H,19,20). The molecule has 2 aromatic rings. The Labute approximate surface area is 145 Å². The molecule has 0 spiro atoms. The van der Waals surface area contributed by atoms with Crippen molar-refractivity contribution < 1.29 is 14.3 Å². The van der Waals surface area contributed by atoms with Crippen LogP contribution in [-0.2, 0) is 11.2 Å². The van der Waals surface area contributed by atoms with Crippen LogP contribution in [0.2, 0.25) is 0 Å². The number of hydrogen-bond donors (Lipinski definition) is 1. The predicted octanol–water partition coefficient (Wildman–Crippen LogP) is 1.92. The topological polar surface area (TPSA) is 78.5 Å². The number of ether oxygens (including phenoxy) is 1. The molecule has 130 valence electrons. The number of cyclic esters (lactones) is 1. The minimum absolute atomic E-state index is 0.0471. The molecule has 4 rings (SSSR count). The minimum atomic E-state index is -0.281. The number of aryl methyl sites for hydroxylation is 1. The Morgan fingerprint density at radius 3 is 2.88 bits per heavy atom. The van der Waals surface area contributed by atoms with Gasteiger partial charge in [-0.05, 0) is 18.1 Å². The van der Waals surface area contributed by atoms with Gasteiger partial charge in [0.25, 0.3) is 5.91 Å². The van der Waals surface area contributed by atoms with E-state index in [1.54, 1.807) is 15.9 Å². The number of aromatic nitrogens is 2. The van der Waals surface area contributed by atoms with Gasteiger partial charge in [-0.15, -0.1) is 0 Å². The first-order chi connectivity index (χ1) is 12.2. The van der Waals surface area contributed by atoms with Crippen LogP contribution in [0.15, 0.2) is 30.3 Å². The smallest absolute Gasteiger partial charge is 0.410 e. The number of amides is 2. The number of benzene rings is 1. The molecule has 1 atom stereocenters. The summed E-state index contributed by atoms with van der Waals surface area (Å²) in [5.74, 6) is -0.0945. The van der Waals surface area contributed by atoms with E-state index in [9.17, 15) is 9.59 Å². The van der Waals surface area contributed by atoms with Gasteiger partial charge in [0.05, 0.1) is 11.7 Å². The molecular formula is C18H20N4O3. The van der Waals surface area contributed by atoms with Crippen LogP contribution in [0, 0.1) is 0 Å². The number of nitrogens with one attached hydrogen (secondary N) is 1. The summed E-state index contributed by atoms with van der Waals surface area (Å²) in [5.41, 5.74) is 3.46. The van der Waals surface area contributed by atoms with E-state index < -0.39 is 0 Å². The molecule has 25 heavy (non-hydrogen) atoms. The molecule has 2 fully saturated rings. The van der Waals surface area contributed by atoms with E-state index in [0.717, 1.165) is 17.7 Å². The third-order valence-electron chi connectivity index (χ3n) is 4.87. The predicted molar refractivity (Wildman–Crippen MR) is 91.1 cm³/mol. The SMILES string of the molecule is CCc1ccc(-c2cc(C(=O)N3CCN4C(=O)OCC4C3)[nH]n2)cc1. The number of fused-ring (bicyclic) bond motifs is 1. The summed E-state index contributed by atoms with van der Waals surface area (Å²) in [4.78, 5) is 27.7. The Morgan fingerprint density at radius 1 is 1.32 bits per heavy atom. The molecule has 7 nitrogen and oxygen atoms in total. The maximum Gasteiger partial charge on any atom is 0.410 e. The van der Waals surface area contributed by atoms with Gasteiger partial charge < -0.3 is 9.64 Å². The van der Waals surface area contributed by atoms with Crippen LogP contribution in [0.1, 0.15) is 23.0 Å². The average Bonchev–Trinajstić information content (AvgIpc) is 3.28. The van der Waals surface area contributed by atoms with Crippen molar-refractivity contribution in [3.8, 4) is 11.3 Å². The summed E-state index contributed by atoms with van der Waals surface area (Å²) < 4.78 is 5.04. The number of H-pyrrole nitrogens is 1. The summed E-state index contributed by atoms with van der Waals surface area (Å²) in [7, 11) is 0. The maximum atomic E-state index is 12.7. The first kappa shape index (κ1) is 15.7. The van der Waals surface area contributed by atoms with Crippen molar-refractivity contribution >= 4 is 12.0 Å². The molecule has 0 radical (unpaired) electrons. The van der Waals surface area contributed by atoms with E-state index >= 15 is 0 Å². The van der Waals surface area contributed by atoms with Crippen LogP contribution in [0.4, 0.5) is 4.79 Å². The molecule has 0 aliphatic carbocycles. The molecule has 1 unspecified atom stereocenters. The number of hydrogen-bond acceptors (Lipinski definition) is 4. The highest BCUT2D eigenvalue weighted by Gasteiger charge is 2.39. The Kier molecular flexibility index (Phi) is 3.91. The Balaban J connectivity index is 1.48. The highest BCUT2D eigenvalue weighted by atomic mass is 16.6. The monoisotopic (exact) mass is 340 g/mol. The third-order valence-corrected chi connectivity index (χ3v) is 4.87. The van der Waals surface area contributed by atoms with E-state index in [0.29, 0.717) is 31.9 Å². The second kappa shape index (κ2) is 6.23. The van der Waals surface area contributed by atoms with Crippen molar-refractivity contribution in [3.63, 3.8) is 0 Å². The lowest BCUT2D eigenvalue weighted by Crippen LogP contribution is -2.53. The average molecular weight is 340 g/mol. The van der Waals surface area contributed by atoms with Crippen molar-refractivity contribution in [2.75, 3.05) is 26.2 Å². The van der Waals surface area contributed by atoms with Crippen LogP contribution in [-0.4, -0.2) is 64.3 Å². The zero-order valence-electron chi connectivity index (χ0n) is 14.1. The summed E-state index contributed by atoms with van der Waals surface area (Å²) in [6, 6.07) is 9.91. The van der Waals surface area contributed by atoms with Crippen molar-refractivity contribution in [1.29, 1.82) is 0 Å². The molecule has 1 aromatic carbocycles. The zero-order chi connectivity index (χ0) is 17.4.